The van der Waals surface area contributed by atoms with Crippen molar-refractivity contribution in [2.45, 2.75) is 32.4 Å². The molecule has 1 unspecified atom stereocenters. The molecule has 1 aromatic carbocycles. The predicted molar refractivity (Wildman–Crippen MR) is 64.0 cm³/mol. The Labute approximate surface area is 100 Å². The van der Waals surface area contributed by atoms with E-state index in [1.165, 1.54) is 0 Å². The lowest BCUT2D eigenvalue weighted by atomic mass is 9.89. The number of rotatable bonds is 2. The van der Waals surface area contributed by atoms with E-state index in [1.54, 1.807) is 18.2 Å². The summed E-state index contributed by atoms with van der Waals surface area (Å²) in [6, 6.07) is 5.24. The summed E-state index contributed by atoms with van der Waals surface area (Å²) in [4.78, 5) is 13.4. The zero-order chi connectivity index (χ0) is 12.6. The number of hydrogen-bond acceptors (Lipinski definition) is 3. The van der Waals surface area contributed by atoms with Gasteiger partial charge in [0, 0.05) is 19.1 Å². The molecule has 0 spiro atoms. The fraction of sp³-hybridized carbons (Fsp3) is 0.462. The van der Waals surface area contributed by atoms with E-state index in [2.05, 4.69) is 4.90 Å². The van der Waals surface area contributed by atoms with Crippen molar-refractivity contribution in [1.82, 2.24) is 4.90 Å². The van der Waals surface area contributed by atoms with Gasteiger partial charge in [0.05, 0.1) is 5.92 Å². The molecule has 0 aromatic heterocycles. The van der Waals surface area contributed by atoms with E-state index in [0.29, 0.717) is 19.1 Å². The Bertz CT molecular complexity index is 442. The van der Waals surface area contributed by atoms with Crippen molar-refractivity contribution in [3.05, 3.63) is 29.3 Å². The van der Waals surface area contributed by atoms with Gasteiger partial charge in [0.25, 0.3) is 0 Å². The number of aliphatic carboxylic acids is 1. The number of carboxylic acid groups (broad SMARTS) is 1. The van der Waals surface area contributed by atoms with Gasteiger partial charge in [-0.15, -0.1) is 0 Å². The average Bonchev–Trinajstić information content (AvgIpc) is 2.26. The Hall–Kier alpha value is -1.55. The van der Waals surface area contributed by atoms with Crippen LogP contribution in [0, 0.1) is 0 Å². The topological polar surface area (TPSA) is 60.8 Å². The molecule has 1 aliphatic heterocycles. The lowest BCUT2D eigenvalue weighted by molar-refractivity contribution is -0.139. The standard InChI is InChI=1S/C13H17NO3/c1-8(2)14-6-9-5-10(15)3-4-11(9)12(7-14)13(16)17/h3-5,8,12,15H,6-7H2,1-2H3,(H,16,17). The van der Waals surface area contributed by atoms with E-state index in [-0.39, 0.29) is 5.75 Å². The molecule has 0 bridgehead atoms. The predicted octanol–water partition coefficient (Wildman–Crippen LogP) is 1.78. The zero-order valence-corrected chi connectivity index (χ0v) is 10.1. The van der Waals surface area contributed by atoms with Crippen LogP contribution in [0.1, 0.15) is 30.9 Å². The Morgan fingerprint density at radius 1 is 1.47 bits per heavy atom. The number of phenolic OH excluding ortho intramolecular Hbond substituents is 1. The number of hydrogen-bond donors (Lipinski definition) is 2. The first-order valence-corrected chi connectivity index (χ1v) is 5.77. The maximum atomic E-state index is 11.3. The highest BCUT2D eigenvalue weighted by Crippen LogP contribution is 2.31. The van der Waals surface area contributed by atoms with E-state index >= 15 is 0 Å². The molecule has 0 fully saturated rings. The van der Waals surface area contributed by atoms with Gasteiger partial charge in [-0.1, -0.05) is 6.07 Å². The molecule has 0 saturated carbocycles. The van der Waals surface area contributed by atoms with Crippen molar-refractivity contribution in [1.29, 1.82) is 0 Å². The van der Waals surface area contributed by atoms with Gasteiger partial charge in [0.1, 0.15) is 5.75 Å². The Kier molecular flexibility index (Phi) is 3.07. The van der Waals surface area contributed by atoms with Crippen LogP contribution < -0.4 is 0 Å². The van der Waals surface area contributed by atoms with Crippen LogP contribution in [-0.4, -0.2) is 33.7 Å². The summed E-state index contributed by atoms with van der Waals surface area (Å²) in [6.45, 7) is 5.33. The van der Waals surface area contributed by atoms with Gasteiger partial charge in [-0.25, -0.2) is 0 Å². The molecule has 0 amide bonds. The molecule has 2 N–H and O–H groups in total. The molecule has 17 heavy (non-hydrogen) atoms. The molecular weight excluding hydrogens is 218 g/mol. The van der Waals surface area contributed by atoms with Crippen molar-refractivity contribution in [2.24, 2.45) is 0 Å². The number of fused-ring (bicyclic) bond motifs is 1. The van der Waals surface area contributed by atoms with Crippen molar-refractivity contribution in [3.63, 3.8) is 0 Å². The van der Waals surface area contributed by atoms with E-state index in [9.17, 15) is 15.0 Å². The Balaban J connectivity index is 2.41. The molecule has 2 rings (SSSR count). The van der Waals surface area contributed by atoms with Crippen LogP contribution in [0.2, 0.25) is 0 Å². The van der Waals surface area contributed by atoms with Crippen LogP contribution in [0.3, 0.4) is 0 Å². The van der Waals surface area contributed by atoms with Crippen LogP contribution in [0.15, 0.2) is 18.2 Å². The molecule has 4 heteroatoms. The summed E-state index contributed by atoms with van der Waals surface area (Å²) >= 11 is 0. The first kappa shape index (κ1) is 11.9. The molecule has 0 aliphatic carbocycles. The van der Waals surface area contributed by atoms with E-state index in [4.69, 9.17) is 0 Å². The number of carbonyl (C=O) groups is 1. The van der Waals surface area contributed by atoms with Crippen molar-refractivity contribution in [2.75, 3.05) is 6.54 Å². The fourth-order valence-corrected chi connectivity index (χ4v) is 2.29. The highest BCUT2D eigenvalue weighted by Gasteiger charge is 2.31. The number of carboxylic acids is 1. The minimum absolute atomic E-state index is 0.193. The third-order valence-electron chi connectivity index (χ3n) is 3.32. The molecule has 1 aliphatic rings. The van der Waals surface area contributed by atoms with Crippen molar-refractivity contribution in [3.8, 4) is 5.75 Å². The fourth-order valence-electron chi connectivity index (χ4n) is 2.29. The molecule has 0 saturated heterocycles. The second-order valence-corrected chi connectivity index (χ2v) is 4.80. The lowest BCUT2D eigenvalue weighted by Gasteiger charge is -2.35. The second kappa shape index (κ2) is 4.37. The maximum absolute atomic E-state index is 11.3. The van der Waals surface area contributed by atoms with E-state index < -0.39 is 11.9 Å². The van der Waals surface area contributed by atoms with Crippen LogP contribution in [0.25, 0.3) is 0 Å². The summed E-state index contributed by atoms with van der Waals surface area (Å²) in [5.41, 5.74) is 1.74. The molecular formula is C13H17NO3. The van der Waals surface area contributed by atoms with E-state index in [1.807, 2.05) is 13.8 Å². The van der Waals surface area contributed by atoms with Gasteiger partial charge in [-0.3, -0.25) is 9.69 Å². The number of benzene rings is 1. The minimum Gasteiger partial charge on any atom is -0.508 e. The Morgan fingerprint density at radius 2 is 2.18 bits per heavy atom. The quantitative estimate of drug-likeness (QED) is 0.820. The first-order valence-electron chi connectivity index (χ1n) is 5.77. The van der Waals surface area contributed by atoms with Crippen molar-refractivity contribution >= 4 is 5.97 Å². The van der Waals surface area contributed by atoms with E-state index in [0.717, 1.165) is 11.1 Å². The third kappa shape index (κ3) is 2.26. The molecule has 1 heterocycles. The van der Waals surface area contributed by atoms with Crippen molar-refractivity contribution < 1.29 is 15.0 Å². The largest absolute Gasteiger partial charge is 0.508 e. The average molecular weight is 235 g/mol. The van der Waals surface area contributed by atoms with Gasteiger partial charge in [0.2, 0.25) is 0 Å². The number of phenols is 1. The molecule has 92 valence electrons. The second-order valence-electron chi connectivity index (χ2n) is 4.80. The summed E-state index contributed by atoms with van der Waals surface area (Å²) in [6.07, 6.45) is 0. The zero-order valence-electron chi connectivity index (χ0n) is 10.1. The maximum Gasteiger partial charge on any atom is 0.312 e. The summed E-state index contributed by atoms with van der Waals surface area (Å²) < 4.78 is 0. The van der Waals surface area contributed by atoms with Gasteiger partial charge in [-0.05, 0) is 37.1 Å². The minimum atomic E-state index is -0.803. The number of aromatic hydroxyl groups is 1. The van der Waals surface area contributed by atoms with Gasteiger partial charge in [0.15, 0.2) is 0 Å². The van der Waals surface area contributed by atoms with Gasteiger partial charge < -0.3 is 10.2 Å². The molecule has 4 nitrogen and oxygen atoms in total. The molecule has 0 radical (unpaired) electrons. The van der Waals surface area contributed by atoms with Crippen LogP contribution in [0.5, 0.6) is 5.75 Å². The monoisotopic (exact) mass is 235 g/mol. The van der Waals surface area contributed by atoms with Gasteiger partial charge in [-0.2, -0.15) is 0 Å². The smallest absolute Gasteiger partial charge is 0.312 e. The molecule has 1 aromatic rings. The lowest BCUT2D eigenvalue weighted by Crippen LogP contribution is -2.40. The van der Waals surface area contributed by atoms with Gasteiger partial charge >= 0.3 is 5.97 Å². The normalized spacial score (nSPS) is 20.3. The highest BCUT2D eigenvalue weighted by atomic mass is 16.4. The summed E-state index contributed by atoms with van der Waals surface area (Å²) in [5, 5.41) is 18.7. The molecule has 1 atom stereocenters. The number of nitrogens with zero attached hydrogens (tertiary/aromatic N) is 1. The Morgan fingerprint density at radius 3 is 2.76 bits per heavy atom. The SMILES string of the molecule is CC(C)N1Cc2cc(O)ccc2C(C(=O)O)C1. The highest BCUT2D eigenvalue weighted by molar-refractivity contribution is 5.77. The van der Waals surface area contributed by atoms with Crippen LogP contribution in [0.4, 0.5) is 0 Å². The third-order valence-corrected chi connectivity index (χ3v) is 3.32. The van der Waals surface area contributed by atoms with Crippen LogP contribution >= 0.6 is 0 Å². The first-order chi connectivity index (χ1) is 7.99. The van der Waals surface area contributed by atoms with Crippen LogP contribution in [-0.2, 0) is 11.3 Å². The summed E-state index contributed by atoms with van der Waals surface area (Å²) in [7, 11) is 0. The summed E-state index contributed by atoms with van der Waals surface area (Å²) in [5.74, 6) is -1.11.